The first-order valence-corrected chi connectivity index (χ1v) is 34.0. The maximum Gasteiger partial charge on any atom is 0.306 e. The molecule has 0 saturated heterocycles. The van der Waals surface area contributed by atoms with Crippen LogP contribution in [0.3, 0.4) is 0 Å². The Labute approximate surface area is 511 Å². The third kappa shape index (κ3) is 67.7. The molecule has 0 fully saturated rings. The number of allylic oxidation sites excluding steroid dienone is 26. The monoisotopic (exact) mass is 1140 g/mol. The Balaban J connectivity index is 4.43. The maximum absolute atomic E-state index is 12.9. The molecule has 0 radical (unpaired) electrons. The molecule has 0 aromatic carbocycles. The van der Waals surface area contributed by atoms with E-state index in [0.717, 1.165) is 173 Å². The minimum atomic E-state index is -0.807. The van der Waals surface area contributed by atoms with Crippen molar-refractivity contribution in [2.45, 2.75) is 297 Å². The van der Waals surface area contributed by atoms with Crippen molar-refractivity contribution < 1.29 is 28.6 Å². The second-order valence-corrected chi connectivity index (χ2v) is 22.0. The standard InChI is InChI=1S/C77H124O6/c1-4-7-10-13-16-19-22-25-28-30-32-34-35-36-37-38-39-40-41-43-44-46-49-52-55-58-61-64-67-70-76(79)82-73-74(72-81-75(78)69-66-63-60-57-54-51-48-27-24-21-18-15-12-9-6-3)83-77(80)71-68-65-62-59-56-53-50-47-45-42-33-31-29-26-23-20-17-14-11-8-5-2/h7,9-10,12,16,18-19,21,23,25-28,31-34,36-37,39-40,43-45,47-48,74H,4-6,8,11,13-15,17,20,22,24,29-30,35,38,41-42,46,49-73H2,1-3H3/b10-7-,12-9-,19-16-,21-18-,26-23-,28-25-,33-31-,34-32-,37-36-,40-39-,44-43-,47-45-,48-27-. The SMILES string of the molecule is CC/C=C\C/C=C\C/C=C\C/C=C\C/C=C\C/C=C\C/C=C\CCCCCCCCCC(=O)OCC(COC(=O)CCCCCCC/C=C\C/C=C\C/C=C\CC)OC(=O)CCCCCCCC/C=C\C/C=C\C/C=C\CCCCCCC. The molecule has 0 aromatic rings. The molecule has 6 nitrogen and oxygen atoms in total. The van der Waals surface area contributed by atoms with Crippen LogP contribution in [-0.2, 0) is 28.6 Å². The fourth-order valence-corrected chi connectivity index (χ4v) is 8.97. The highest BCUT2D eigenvalue weighted by Crippen LogP contribution is 2.15. The van der Waals surface area contributed by atoms with Crippen LogP contribution >= 0.6 is 0 Å². The predicted molar refractivity (Wildman–Crippen MR) is 362 cm³/mol. The van der Waals surface area contributed by atoms with Crippen molar-refractivity contribution in [1.29, 1.82) is 0 Å². The van der Waals surface area contributed by atoms with Crippen molar-refractivity contribution in [2.75, 3.05) is 13.2 Å². The van der Waals surface area contributed by atoms with E-state index in [0.29, 0.717) is 19.3 Å². The molecule has 0 saturated carbocycles. The Kier molecular flexibility index (Phi) is 65.4. The van der Waals surface area contributed by atoms with E-state index in [2.05, 4.69) is 179 Å². The Morgan fingerprint density at radius 2 is 0.470 bits per heavy atom. The van der Waals surface area contributed by atoms with Gasteiger partial charge in [0.25, 0.3) is 0 Å². The van der Waals surface area contributed by atoms with Crippen molar-refractivity contribution in [3.8, 4) is 0 Å². The number of unbranched alkanes of at least 4 members (excludes halogenated alkanes) is 23. The van der Waals surface area contributed by atoms with Gasteiger partial charge in [-0.2, -0.15) is 0 Å². The molecule has 0 amide bonds. The van der Waals surface area contributed by atoms with E-state index in [4.69, 9.17) is 14.2 Å². The summed E-state index contributed by atoms with van der Waals surface area (Å²) in [5.74, 6) is -0.940. The highest BCUT2D eigenvalue weighted by Gasteiger charge is 2.19. The van der Waals surface area contributed by atoms with Gasteiger partial charge in [0.1, 0.15) is 13.2 Å². The van der Waals surface area contributed by atoms with Gasteiger partial charge in [-0.25, -0.2) is 0 Å². The first-order valence-electron chi connectivity index (χ1n) is 34.0. The lowest BCUT2D eigenvalue weighted by molar-refractivity contribution is -0.167. The Morgan fingerprint density at radius 3 is 0.735 bits per heavy atom. The summed E-state index contributed by atoms with van der Waals surface area (Å²) in [6, 6.07) is 0. The van der Waals surface area contributed by atoms with Gasteiger partial charge in [0.05, 0.1) is 0 Å². The molecular weight excluding hydrogens is 1020 g/mol. The van der Waals surface area contributed by atoms with Gasteiger partial charge in [0.15, 0.2) is 6.10 Å². The summed E-state index contributed by atoms with van der Waals surface area (Å²) in [4.78, 5) is 38.4. The number of carbonyl (C=O) groups is 3. The topological polar surface area (TPSA) is 78.9 Å². The number of esters is 3. The quantitative estimate of drug-likeness (QED) is 0.0261. The molecule has 0 N–H and O–H groups in total. The Hall–Kier alpha value is -4.97. The Morgan fingerprint density at radius 1 is 0.253 bits per heavy atom. The van der Waals surface area contributed by atoms with E-state index in [9.17, 15) is 14.4 Å². The number of carbonyl (C=O) groups excluding carboxylic acids is 3. The molecule has 83 heavy (non-hydrogen) atoms. The molecule has 0 bridgehead atoms. The largest absolute Gasteiger partial charge is 0.462 e. The van der Waals surface area contributed by atoms with Crippen molar-refractivity contribution in [3.63, 3.8) is 0 Å². The van der Waals surface area contributed by atoms with Crippen molar-refractivity contribution in [1.82, 2.24) is 0 Å². The van der Waals surface area contributed by atoms with E-state index in [-0.39, 0.29) is 31.1 Å². The first kappa shape index (κ1) is 78.0. The summed E-state index contributed by atoms with van der Waals surface area (Å²) in [5.41, 5.74) is 0. The first-order chi connectivity index (χ1) is 41.0. The van der Waals surface area contributed by atoms with Crippen LogP contribution in [0, 0.1) is 0 Å². The third-order valence-corrected chi connectivity index (χ3v) is 14.0. The maximum atomic E-state index is 12.9. The predicted octanol–water partition coefficient (Wildman–Crippen LogP) is 23.7. The normalized spacial score (nSPS) is 13.1. The lowest BCUT2D eigenvalue weighted by Crippen LogP contribution is -2.30. The van der Waals surface area contributed by atoms with Gasteiger partial charge in [-0.1, -0.05) is 281 Å². The highest BCUT2D eigenvalue weighted by atomic mass is 16.6. The van der Waals surface area contributed by atoms with Gasteiger partial charge in [-0.3, -0.25) is 14.4 Å². The average Bonchev–Trinajstić information content (AvgIpc) is 3.49. The van der Waals surface area contributed by atoms with Crippen molar-refractivity contribution in [2.24, 2.45) is 0 Å². The van der Waals surface area contributed by atoms with Crippen LogP contribution in [0.25, 0.3) is 0 Å². The summed E-state index contributed by atoms with van der Waals surface area (Å²) < 4.78 is 16.9. The smallest absolute Gasteiger partial charge is 0.306 e. The average molecular weight is 1150 g/mol. The fraction of sp³-hybridized carbons (Fsp3) is 0.623. The van der Waals surface area contributed by atoms with Gasteiger partial charge in [-0.15, -0.1) is 0 Å². The van der Waals surface area contributed by atoms with Gasteiger partial charge in [0.2, 0.25) is 0 Å². The minimum absolute atomic E-state index is 0.101. The molecule has 468 valence electrons. The minimum Gasteiger partial charge on any atom is -0.462 e. The van der Waals surface area contributed by atoms with E-state index >= 15 is 0 Å². The van der Waals surface area contributed by atoms with E-state index < -0.39 is 6.10 Å². The molecule has 1 atom stereocenters. The molecule has 0 rings (SSSR count). The zero-order chi connectivity index (χ0) is 59.9. The van der Waals surface area contributed by atoms with E-state index in [1.54, 1.807) is 0 Å². The molecule has 1 unspecified atom stereocenters. The number of hydrogen-bond donors (Lipinski definition) is 0. The molecule has 0 aromatic heterocycles. The Bertz CT molecular complexity index is 1840. The van der Waals surface area contributed by atoms with Crippen LogP contribution in [0.1, 0.15) is 290 Å². The zero-order valence-corrected chi connectivity index (χ0v) is 53.7. The summed E-state index contributed by atoms with van der Waals surface area (Å²) in [6.07, 6.45) is 101. The van der Waals surface area contributed by atoms with Gasteiger partial charge >= 0.3 is 17.9 Å². The molecule has 0 aliphatic carbocycles. The van der Waals surface area contributed by atoms with Crippen LogP contribution in [0.5, 0.6) is 0 Å². The van der Waals surface area contributed by atoms with Crippen LogP contribution in [-0.4, -0.2) is 37.2 Å². The number of ether oxygens (including phenoxy) is 3. The highest BCUT2D eigenvalue weighted by molar-refractivity contribution is 5.71. The number of hydrogen-bond acceptors (Lipinski definition) is 6. The second kappa shape index (κ2) is 69.5. The summed E-state index contributed by atoms with van der Waals surface area (Å²) in [6.45, 7) is 6.37. The summed E-state index contributed by atoms with van der Waals surface area (Å²) in [5, 5.41) is 0. The molecule has 0 spiro atoms. The van der Waals surface area contributed by atoms with Gasteiger partial charge < -0.3 is 14.2 Å². The van der Waals surface area contributed by atoms with E-state index in [1.807, 2.05) is 0 Å². The lowest BCUT2D eigenvalue weighted by Gasteiger charge is -2.18. The zero-order valence-electron chi connectivity index (χ0n) is 53.7. The summed E-state index contributed by atoms with van der Waals surface area (Å²) >= 11 is 0. The van der Waals surface area contributed by atoms with Crippen molar-refractivity contribution >= 4 is 17.9 Å². The van der Waals surface area contributed by atoms with Crippen LogP contribution in [0.15, 0.2) is 158 Å². The van der Waals surface area contributed by atoms with Crippen LogP contribution in [0.2, 0.25) is 0 Å². The molecule has 6 heteroatoms. The fourth-order valence-electron chi connectivity index (χ4n) is 8.97. The third-order valence-electron chi connectivity index (χ3n) is 14.0. The van der Waals surface area contributed by atoms with E-state index in [1.165, 1.54) is 77.0 Å². The second-order valence-electron chi connectivity index (χ2n) is 22.0. The molecule has 0 heterocycles. The lowest BCUT2D eigenvalue weighted by atomic mass is 10.1. The summed E-state index contributed by atoms with van der Waals surface area (Å²) in [7, 11) is 0. The molecule has 0 aliphatic heterocycles. The number of rotatable bonds is 60. The molecule has 0 aliphatic rings. The molecular formula is C77H124O6. The van der Waals surface area contributed by atoms with Crippen LogP contribution in [0.4, 0.5) is 0 Å². The van der Waals surface area contributed by atoms with Gasteiger partial charge in [-0.05, 0) is 148 Å². The van der Waals surface area contributed by atoms with Crippen LogP contribution < -0.4 is 0 Å². The van der Waals surface area contributed by atoms with Gasteiger partial charge in [0, 0.05) is 19.3 Å². The van der Waals surface area contributed by atoms with Crippen molar-refractivity contribution in [3.05, 3.63) is 158 Å².